The molecule has 5 rings (SSSR count). The first-order valence-corrected chi connectivity index (χ1v) is 13.2. The molecule has 0 radical (unpaired) electrons. The van der Waals surface area contributed by atoms with E-state index in [1.165, 1.54) is 23.5 Å². The Morgan fingerprint density at radius 1 is 1.05 bits per heavy atom. The lowest BCUT2D eigenvalue weighted by Crippen LogP contribution is -2.45. The summed E-state index contributed by atoms with van der Waals surface area (Å²) in [4.78, 5) is 33.3. The van der Waals surface area contributed by atoms with Gasteiger partial charge in [-0.1, -0.05) is 48.5 Å². The van der Waals surface area contributed by atoms with Crippen LogP contribution in [0.4, 0.5) is 4.39 Å². The number of rotatable bonds is 9. The van der Waals surface area contributed by atoms with E-state index >= 15 is 0 Å². The minimum atomic E-state index is -0.958. The Labute approximate surface area is 219 Å². The van der Waals surface area contributed by atoms with E-state index in [2.05, 4.69) is 10.3 Å². The van der Waals surface area contributed by atoms with Crippen molar-refractivity contribution in [2.45, 2.75) is 31.5 Å². The van der Waals surface area contributed by atoms with Crippen LogP contribution in [0.2, 0.25) is 0 Å². The molecule has 190 valence electrons. The van der Waals surface area contributed by atoms with Crippen molar-refractivity contribution < 1.29 is 18.7 Å². The van der Waals surface area contributed by atoms with Crippen LogP contribution < -0.4 is 5.32 Å². The summed E-state index contributed by atoms with van der Waals surface area (Å²) >= 11 is 1.51. The fourth-order valence-electron chi connectivity index (χ4n) is 4.55. The van der Waals surface area contributed by atoms with E-state index < -0.39 is 11.9 Å². The molecule has 8 heteroatoms. The molecular weight excluding hydrogens is 489 g/mol. The number of aromatic nitrogens is 1. The summed E-state index contributed by atoms with van der Waals surface area (Å²) in [6.45, 7) is 1.27. The zero-order chi connectivity index (χ0) is 25.6. The Morgan fingerprint density at radius 3 is 2.57 bits per heavy atom. The molecule has 2 amide bonds. The Morgan fingerprint density at radius 2 is 1.86 bits per heavy atom. The van der Waals surface area contributed by atoms with Crippen LogP contribution in [0, 0.1) is 5.82 Å². The summed E-state index contributed by atoms with van der Waals surface area (Å²) in [6.07, 6.45) is 1.79. The lowest BCUT2D eigenvalue weighted by Gasteiger charge is -2.31. The average Bonchev–Trinajstić information content (AvgIpc) is 3.72. The van der Waals surface area contributed by atoms with E-state index in [1.807, 2.05) is 53.9 Å². The van der Waals surface area contributed by atoms with Gasteiger partial charge in [-0.05, 0) is 59.7 Å². The highest BCUT2D eigenvalue weighted by molar-refractivity contribution is 7.09. The van der Waals surface area contributed by atoms with Crippen molar-refractivity contribution in [3.8, 4) is 11.3 Å². The molecule has 1 aliphatic heterocycles. The van der Waals surface area contributed by atoms with Crippen molar-refractivity contribution in [3.63, 3.8) is 0 Å². The number of halogens is 1. The number of thiophene rings is 1. The van der Waals surface area contributed by atoms with Gasteiger partial charge in [0.2, 0.25) is 5.91 Å². The SMILES string of the molecule is O=C(NC[C@@H]1CCCO1)[C@H](c1ccc(F)cc1)N(Cc1cccs1)C(=O)c1ccc(-c2ccccc2)[nH]1. The molecular formula is C29H28FN3O3S. The number of ether oxygens (including phenoxy) is 1. The zero-order valence-electron chi connectivity index (χ0n) is 20.2. The van der Waals surface area contributed by atoms with Crippen molar-refractivity contribution in [3.05, 3.63) is 106 Å². The monoisotopic (exact) mass is 517 g/mol. The third-order valence-electron chi connectivity index (χ3n) is 6.44. The van der Waals surface area contributed by atoms with Crippen LogP contribution in [-0.4, -0.2) is 41.0 Å². The predicted octanol–water partition coefficient (Wildman–Crippen LogP) is 5.56. The molecule has 0 unspecified atom stereocenters. The Balaban J connectivity index is 1.49. The van der Waals surface area contributed by atoms with E-state index in [9.17, 15) is 14.0 Å². The van der Waals surface area contributed by atoms with Gasteiger partial charge in [0, 0.05) is 23.7 Å². The van der Waals surface area contributed by atoms with Gasteiger partial charge in [-0.2, -0.15) is 0 Å². The van der Waals surface area contributed by atoms with Gasteiger partial charge in [0.1, 0.15) is 17.6 Å². The lowest BCUT2D eigenvalue weighted by molar-refractivity contribution is -0.126. The number of carbonyl (C=O) groups is 2. The number of carbonyl (C=O) groups excluding carboxylic acids is 2. The van der Waals surface area contributed by atoms with E-state index in [0.29, 0.717) is 24.4 Å². The third kappa shape index (κ3) is 5.98. The minimum absolute atomic E-state index is 0.0453. The summed E-state index contributed by atoms with van der Waals surface area (Å²) in [5, 5.41) is 4.91. The predicted molar refractivity (Wildman–Crippen MR) is 142 cm³/mol. The number of hydrogen-bond donors (Lipinski definition) is 2. The molecule has 4 aromatic rings. The van der Waals surface area contributed by atoms with Gasteiger partial charge in [-0.15, -0.1) is 11.3 Å². The molecule has 2 atom stereocenters. The maximum absolute atomic E-state index is 14.0. The number of nitrogens with one attached hydrogen (secondary N) is 2. The number of benzene rings is 2. The first-order valence-electron chi connectivity index (χ1n) is 12.3. The molecule has 2 aromatic heterocycles. The van der Waals surface area contributed by atoms with E-state index in [1.54, 1.807) is 23.1 Å². The van der Waals surface area contributed by atoms with Gasteiger partial charge < -0.3 is 19.9 Å². The molecule has 0 aliphatic carbocycles. The molecule has 37 heavy (non-hydrogen) atoms. The molecule has 2 N–H and O–H groups in total. The fraction of sp³-hybridized carbons (Fsp3) is 0.241. The van der Waals surface area contributed by atoms with Crippen molar-refractivity contribution >= 4 is 23.2 Å². The second-order valence-electron chi connectivity index (χ2n) is 9.00. The third-order valence-corrected chi connectivity index (χ3v) is 7.30. The molecule has 2 aromatic carbocycles. The summed E-state index contributed by atoms with van der Waals surface area (Å²) in [5.74, 6) is -1.06. The van der Waals surface area contributed by atoms with Crippen LogP contribution in [-0.2, 0) is 16.1 Å². The molecule has 0 bridgehead atoms. The van der Waals surface area contributed by atoms with E-state index in [0.717, 1.165) is 29.0 Å². The average molecular weight is 518 g/mol. The highest BCUT2D eigenvalue weighted by Crippen LogP contribution is 2.28. The summed E-state index contributed by atoms with van der Waals surface area (Å²) in [6, 6.07) is 21.9. The first kappa shape index (κ1) is 24.9. The highest BCUT2D eigenvalue weighted by Gasteiger charge is 2.33. The number of nitrogens with zero attached hydrogens (tertiary/aromatic N) is 1. The van der Waals surface area contributed by atoms with Gasteiger partial charge >= 0.3 is 0 Å². The molecule has 1 saturated heterocycles. The van der Waals surface area contributed by atoms with Gasteiger partial charge in [0.15, 0.2) is 0 Å². The van der Waals surface area contributed by atoms with Crippen LogP contribution in [0.15, 0.2) is 84.2 Å². The van der Waals surface area contributed by atoms with Crippen LogP contribution in [0.3, 0.4) is 0 Å². The van der Waals surface area contributed by atoms with Gasteiger partial charge in [0.05, 0.1) is 12.6 Å². The van der Waals surface area contributed by atoms with Crippen molar-refractivity contribution in [1.82, 2.24) is 15.2 Å². The Kier molecular flexibility index (Phi) is 7.77. The maximum atomic E-state index is 14.0. The standard InChI is InChI=1S/C29H28FN3O3S/c30-22-12-10-21(11-13-22)27(28(34)31-18-23-8-4-16-36-23)33(19-24-9-5-17-37-24)29(35)26-15-14-25(32-26)20-6-2-1-3-7-20/h1-3,5-7,9-15,17,23,27,32H,4,8,16,18-19H2,(H,31,34)/t23-,27-/m0/s1. The molecule has 1 aliphatic rings. The number of aromatic amines is 1. The van der Waals surface area contributed by atoms with Gasteiger partial charge in [0.25, 0.3) is 5.91 Å². The second-order valence-corrected chi connectivity index (χ2v) is 10.0. The highest BCUT2D eigenvalue weighted by atomic mass is 32.1. The van der Waals surface area contributed by atoms with E-state index in [4.69, 9.17) is 4.74 Å². The minimum Gasteiger partial charge on any atom is -0.376 e. The Hall–Kier alpha value is -3.75. The molecule has 3 heterocycles. The van der Waals surface area contributed by atoms with Crippen molar-refractivity contribution in [2.24, 2.45) is 0 Å². The van der Waals surface area contributed by atoms with Crippen molar-refractivity contribution in [1.29, 1.82) is 0 Å². The van der Waals surface area contributed by atoms with E-state index in [-0.39, 0.29) is 24.5 Å². The van der Waals surface area contributed by atoms with Crippen LogP contribution >= 0.6 is 11.3 Å². The number of H-pyrrole nitrogens is 1. The summed E-state index contributed by atoms with van der Waals surface area (Å²) < 4.78 is 19.5. The van der Waals surface area contributed by atoms with Crippen LogP contribution in [0.5, 0.6) is 0 Å². The number of hydrogen-bond acceptors (Lipinski definition) is 4. The topological polar surface area (TPSA) is 74.4 Å². The van der Waals surface area contributed by atoms with Gasteiger partial charge in [-0.3, -0.25) is 9.59 Å². The van der Waals surface area contributed by atoms with Crippen molar-refractivity contribution in [2.75, 3.05) is 13.2 Å². The maximum Gasteiger partial charge on any atom is 0.271 e. The lowest BCUT2D eigenvalue weighted by atomic mass is 10.0. The smallest absolute Gasteiger partial charge is 0.271 e. The second kappa shape index (κ2) is 11.5. The summed E-state index contributed by atoms with van der Waals surface area (Å²) in [5.41, 5.74) is 2.66. The van der Waals surface area contributed by atoms with Crippen LogP contribution in [0.1, 0.15) is 39.8 Å². The quantitative estimate of drug-likeness (QED) is 0.305. The largest absolute Gasteiger partial charge is 0.376 e. The van der Waals surface area contributed by atoms with Gasteiger partial charge in [-0.25, -0.2) is 4.39 Å². The molecule has 0 spiro atoms. The summed E-state index contributed by atoms with van der Waals surface area (Å²) in [7, 11) is 0. The Bertz CT molecular complexity index is 1320. The normalized spacial score (nSPS) is 15.9. The fourth-order valence-corrected chi connectivity index (χ4v) is 5.25. The zero-order valence-corrected chi connectivity index (χ0v) is 21.0. The van der Waals surface area contributed by atoms with Crippen LogP contribution in [0.25, 0.3) is 11.3 Å². The first-order chi connectivity index (χ1) is 18.1. The molecule has 1 fully saturated rings. The molecule has 6 nitrogen and oxygen atoms in total. The molecule has 0 saturated carbocycles. The number of amides is 2.